The van der Waals surface area contributed by atoms with Crippen LogP contribution in [0.5, 0.6) is 0 Å². The Morgan fingerprint density at radius 1 is 1.14 bits per heavy atom. The number of rotatable bonds is 7. The van der Waals surface area contributed by atoms with Gasteiger partial charge >= 0.3 is 0 Å². The van der Waals surface area contributed by atoms with Crippen LogP contribution in [-0.2, 0) is 17.8 Å². The summed E-state index contributed by atoms with van der Waals surface area (Å²) in [7, 11) is 0. The van der Waals surface area contributed by atoms with E-state index in [0.29, 0.717) is 30.3 Å². The van der Waals surface area contributed by atoms with E-state index in [0.717, 1.165) is 32.5 Å². The summed E-state index contributed by atoms with van der Waals surface area (Å²) in [5.41, 5.74) is 1.33. The molecule has 1 aromatic carbocycles. The molecule has 1 aliphatic heterocycles. The highest BCUT2D eigenvalue weighted by Gasteiger charge is 2.21. The maximum atomic E-state index is 12.3. The Labute approximate surface area is 163 Å². The number of carbonyl (C=O) groups excluding carboxylic acids is 1. The lowest BCUT2D eigenvalue weighted by Gasteiger charge is -2.32. The number of piperidine rings is 1. The van der Waals surface area contributed by atoms with Crippen LogP contribution in [0, 0.1) is 0 Å². The van der Waals surface area contributed by atoms with Crippen LogP contribution in [0.2, 0.25) is 0 Å². The number of nitrogens with zero attached hydrogens (tertiary/aromatic N) is 3. The molecule has 1 saturated heterocycles. The lowest BCUT2D eigenvalue weighted by atomic mass is 10.0. The zero-order valence-electron chi connectivity index (χ0n) is 15.7. The van der Waals surface area contributed by atoms with E-state index in [1.165, 1.54) is 5.56 Å². The van der Waals surface area contributed by atoms with Gasteiger partial charge in [-0.25, -0.2) is 0 Å². The van der Waals surface area contributed by atoms with Gasteiger partial charge in [0.05, 0.1) is 6.26 Å². The standard InChI is InChI=1S/C21H24N4O3/c26-19(8-9-20-23-21(24-28-20)18-7-4-14-27-18)22-17-10-12-25(13-11-17)15-16-5-2-1-3-6-16/h1-7,14,17H,8-13,15H2,(H,22,26). The number of carbonyl (C=O) groups is 1. The molecule has 0 saturated carbocycles. The molecule has 1 N–H and O–H groups in total. The molecule has 28 heavy (non-hydrogen) atoms. The molecular weight excluding hydrogens is 356 g/mol. The van der Waals surface area contributed by atoms with Gasteiger partial charge in [-0.3, -0.25) is 9.69 Å². The highest BCUT2D eigenvalue weighted by atomic mass is 16.5. The van der Waals surface area contributed by atoms with Crippen LogP contribution in [0.25, 0.3) is 11.6 Å². The normalized spacial score (nSPS) is 15.6. The molecule has 3 aromatic rings. The number of nitrogens with one attached hydrogen (secondary N) is 1. The predicted molar refractivity (Wildman–Crippen MR) is 103 cm³/mol. The van der Waals surface area contributed by atoms with Crippen molar-refractivity contribution in [3.63, 3.8) is 0 Å². The Hall–Kier alpha value is -2.93. The van der Waals surface area contributed by atoms with Crippen LogP contribution >= 0.6 is 0 Å². The van der Waals surface area contributed by atoms with Crippen molar-refractivity contribution in [1.82, 2.24) is 20.4 Å². The van der Waals surface area contributed by atoms with Crippen molar-refractivity contribution in [2.45, 2.75) is 38.3 Å². The molecule has 4 rings (SSSR count). The highest BCUT2D eigenvalue weighted by Crippen LogP contribution is 2.17. The van der Waals surface area contributed by atoms with Crippen molar-refractivity contribution in [2.75, 3.05) is 13.1 Å². The Kier molecular flexibility index (Phi) is 5.82. The average Bonchev–Trinajstić information content (AvgIpc) is 3.41. The number of likely N-dealkylation sites (tertiary alicyclic amines) is 1. The summed E-state index contributed by atoms with van der Waals surface area (Å²) in [4.78, 5) is 19.0. The van der Waals surface area contributed by atoms with Gasteiger partial charge in [0.15, 0.2) is 5.76 Å². The molecule has 1 aliphatic rings. The Balaban J connectivity index is 1.18. The third kappa shape index (κ3) is 4.86. The van der Waals surface area contributed by atoms with Crippen LogP contribution in [0.3, 0.4) is 0 Å². The monoisotopic (exact) mass is 380 g/mol. The van der Waals surface area contributed by atoms with E-state index >= 15 is 0 Å². The van der Waals surface area contributed by atoms with Gasteiger partial charge in [-0.2, -0.15) is 4.98 Å². The molecular formula is C21H24N4O3. The molecule has 7 heteroatoms. The van der Waals surface area contributed by atoms with Crippen LogP contribution in [0.4, 0.5) is 0 Å². The van der Waals surface area contributed by atoms with Gasteiger partial charge in [-0.15, -0.1) is 0 Å². The smallest absolute Gasteiger partial charge is 0.238 e. The minimum absolute atomic E-state index is 0.0271. The number of aryl methyl sites for hydroxylation is 1. The van der Waals surface area contributed by atoms with Crippen molar-refractivity contribution in [1.29, 1.82) is 0 Å². The van der Waals surface area contributed by atoms with E-state index in [4.69, 9.17) is 8.94 Å². The van der Waals surface area contributed by atoms with E-state index < -0.39 is 0 Å². The van der Waals surface area contributed by atoms with E-state index in [1.807, 2.05) is 6.07 Å². The quantitative estimate of drug-likeness (QED) is 0.678. The fourth-order valence-corrected chi connectivity index (χ4v) is 3.46. The molecule has 146 valence electrons. The molecule has 0 aliphatic carbocycles. The van der Waals surface area contributed by atoms with Gasteiger partial charge in [0.1, 0.15) is 0 Å². The van der Waals surface area contributed by atoms with Gasteiger partial charge in [0.25, 0.3) is 0 Å². The van der Waals surface area contributed by atoms with Crippen molar-refractivity contribution < 1.29 is 13.7 Å². The third-order valence-corrected chi connectivity index (χ3v) is 4.98. The summed E-state index contributed by atoms with van der Waals surface area (Å²) >= 11 is 0. The lowest BCUT2D eigenvalue weighted by Crippen LogP contribution is -2.44. The van der Waals surface area contributed by atoms with Gasteiger partial charge in [0.2, 0.25) is 17.6 Å². The van der Waals surface area contributed by atoms with E-state index in [9.17, 15) is 4.79 Å². The first-order valence-corrected chi connectivity index (χ1v) is 9.68. The molecule has 0 spiro atoms. The number of aromatic nitrogens is 2. The van der Waals surface area contributed by atoms with Crippen molar-refractivity contribution in [3.8, 4) is 11.6 Å². The maximum absolute atomic E-state index is 12.3. The Bertz CT molecular complexity index is 868. The largest absolute Gasteiger partial charge is 0.461 e. The molecule has 2 aromatic heterocycles. The van der Waals surface area contributed by atoms with Gasteiger partial charge < -0.3 is 14.3 Å². The number of furan rings is 1. The molecule has 1 fully saturated rings. The van der Waals surface area contributed by atoms with Crippen LogP contribution in [-0.4, -0.2) is 40.1 Å². The average molecular weight is 380 g/mol. The molecule has 7 nitrogen and oxygen atoms in total. The molecule has 0 bridgehead atoms. The van der Waals surface area contributed by atoms with E-state index in [2.05, 4.69) is 44.6 Å². The number of hydrogen-bond acceptors (Lipinski definition) is 6. The first-order chi connectivity index (χ1) is 13.8. The second-order valence-electron chi connectivity index (χ2n) is 7.09. The predicted octanol–water partition coefficient (Wildman–Crippen LogP) is 3.04. The van der Waals surface area contributed by atoms with E-state index in [1.54, 1.807) is 18.4 Å². The Morgan fingerprint density at radius 3 is 2.71 bits per heavy atom. The zero-order chi connectivity index (χ0) is 19.2. The second-order valence-corrected chi connectivity index (χ2v) is 7.09. The minimum Gasteiger partial charge on any atom is -0.461 e. The van der Waals surface area contributed by atoms with Crippen LogP contribution in [0.15, 0.2) is 57.7 Å². The summed E-state index contributed by atoms with van der Waals surface area (Å²) in [6.45, 7) is 2.96. The summed E-state index contributed by atoms with van der Waals surface area (Å²) in [6, 6.07) is 14.3. The minimum atomic E-state index is 0.0271. The first kappa shape index (κ1) is 18.4. The van der Waals surface area contributed by atoms with Crippen molar-refractivity contribution >= 4 is 5.91 Å². The van der Waals surface area contributed by atoms with Gasteiger partial charge in [-0.05, 0) is 30.5 Å². The number of amides is 1. The fourth-order valence-electron chi connectivity index (χ4n) is 3.46. The van der Waals surface area contributed by atoms with Crippen molar-refractivity contribution in [3.05, 3.63) is 60.2 Å². The highest BCUT2D eigenvalue weighted by molar-refractivity contribution is 5.76. The van der Waals surface area contributed by atoms with Crippen LogP contribution in [0.1, 0.15) is 30.7 Å². The summed E-state index contributed by atoms with van der Waals surface area (Å²) in [5.74, 6) is 1.44. The topological polar surface area (TPSA) is 84.4 Å². The summed E-state index contributed by atoms with van der Waals surface area (Å²) in [6.07, 6.45) is 4.27. The van der Waals surface area contributed by atoms with Crippen LogP contribution < -0.4 is 5.32 Å². The Morgan fingerprint density at radius 2 is 1.96 bits per heavy atom. The van der Waals surface area contributed by atoms with Gasteiger partial charge in [-0.1, -0.05) is 35.5 Å². The first-order valence-electron chi connectivity index (χ1n) is 9.68. The molecule has 0 unspecified atom stereocenters. The molecule has 0 radical (unpaired) electrons. The number of hydrogen-bond donors (Lipinski definition) is 1. The molecule has 1 amide bonds. The van der Waals surface area contributed by atoms with Crippen molar-refractivity contribution in [2.24, 2.45) is 0 Å². The fraction of sp³-hybridized carbons (Fsp3) is 0.381. The van der Waals surface area contributed by atoms with Gasteiger partial charge in [0, 0.05) is 38.5 Å². The molecule has 0 atom stereocenters. The van der Waals surface area contributed by atoms with E-state index in [-0.39, 0.29) is 11.9 Å². The SMILES string of the molecule is O=C(CCc1nc(-c2ccco2)no1)NC1CCN(Cc2ccccc2)CC1. The molecule has 3 heterocycles. The summed E-state index contributed by atoms with van der Waals surface area (Å²) in [5, 5.41) is 7.01. The lowest BCUT2D eigenvalue weighted by molar-refractivity contribution is -0.122. The zero-order valence-corrected chi connectivity index (χ0v) is 15.7. The number of benzene rings is 1. The summed E-state index contributed by atoms with van der Waals surface area (Å²) < 4.78 is 10.4. The maximum Gasteiger partial charge on any atom is 0.238 e. The second kappa shape index (κ2) is 8.84. The third-order valence-electron chi connectivity index (χ3n) is 4.98.